The second-order valence-corrected chi connectivity index (χ2v) is 12.4. The minimum Gasteiger partial charge on any atom is -0.494 e. The van der Waals surface area contributed by atoms with Gasteiger partial charge >= 0.3 is 5.97 Å². The summed E-state index contributed by atoms with van der Waals surface area (Å²) in [6, 6.07) is 15.9. The third kappa shape index (κ3) is 14.7. The zero-order chi connectivity index (χ0) is 28.8. The van der Waals surface area contributed by atoms with E-state index < -0.39 is 0 Å². The average molecular weight is 616 g/mol. The van der Waals surface area contributed by atoms with Crippen LogP contribution >= 0.6 is 15.9 Å². The lowest BCUT2D eigenvalue weighted by Crippen LogP contribution is -2.26. The predicted octanol–water partition coefficient (Wildman–Crippen LogP) is 11.7. The number of hydrogen-bond donors (Lipinski definition) is 0. The molecule has 0 fully saturated rings. The van der Waals surface area contributed by atoms with Crippen LogP contribution in [0.5, 0.6) is 11.5 Å². The van der Waals surface area contributed by atoms with Gasteiger partial charge in [0, 0.05) is 0 Å². The number of unbranched alkanes of at least 4 members (excludes halogenated alkanes) is 15. The highest BCUT2D eigenvalue weighted by atomic mass is 79.9. The summed E-state index contributed by atoms with van der Waals surface area (Å²) in [5.74, 6) is 1.48. The Morgan fingerprint density at radius 1 is 0.625 bits per heavy atom. The van der Waals surface area contributed by atoms with Gasteiger partial charge in [-0.1, -0.05) is 164 Å². The van der Waals surface area contributed by atoms with Crippen LogP contribution in [-0.2, 0) is 4.79 Å². The Labute approximate surface area is 254 Å². The van der Waals surface area contributed by atoms with Crippen molar-refractivity contribution in [1.29, 1.82) is 0 Å². The molecule has 2 atom stereocenters. The highest BCUT2D eigenvalue weighted by Crippen LogP contribution is 2.26. The van der Waals surface area contributed by atoms with Gasteiger partial charge in [-0.15, -0.1) is 0 Å². The molecule has 0 N–H and O–H groups in total. The molecule has 0 aliphatic carbocycles. The van der Waals surface area contributed by atoms with Gasteiger partial charge in [-0.05, 0) is 47.7 Å². The summed E-state index contributed by atoms with van der Waals surface area (Å²) in [5.41, 5.74) is 2.20. The van der Waals surface area contributed by atoms with E-state index in [4.69, 9.17) is 9.47 Å². The number of alkyl halides is 1. The van der Waals surface area contributed by atoms with Crippen LogP contribution in [0.2, 0.25) is 0 Å². The molecule has 3 nitrogen and oxygen atoms in total. The SMILES string of the molecule is CCCCCCCCCCCCCCCCCCOc1ccc(-c2ccc(OC(=O)C(Br)C(C)CC)cc2)cc1. The summed E-state index contributed by atoms with van der Waals surface area (Å²) in [7, 11) is 0. The zero-order valence-electron chi connectivity index (χ0n) is 25.6. The van der Waals surface area contributed by atoms with Gasteiger partial charge < -0.3 is 9.47 Å². The van der Waals surface area contributed by atoms with Gasteiger partial charge in [-0.25, -0.2) is 0 Å². The highest BCUT2D eigenvalue weighted by molar-refractivity contribution is 9.10. The Hall–Kier alpha value is -1.81. The van der Waals surface area contributed by atoms with Crippen molar-refractivity contribution < 1.29 is 14.3 Å². The second-order valence-electron chi connectivity index (χ2n) is 11.4. The molecule has 0 aliphatic rings. The number of hydrogen-bond acceptors (Lipinski definition) is 3. The molecular weight excluding hydrogens is 560 g/mol. The Balaban J connectivity index is 1.50. The van der Waals surface area contributed by atoms with Gasteiger partial charge in [0.05, 0.1) is 6.61 Å². The zero-order valence-corrected chi connectivity index (χ0v) is 27.2. The predicted molar refractivity (Wildman–Crippen MR) is 175 cm³/mol. The molecule has 0 amide bonds. The van der Waals surface area contributed by atoms with Crippen LogP contribution in [0, 0.1) is 5.92 Å². The van der Waals surface area contributed by atoms with Crippen molar-refractivity contribution >= 4 is 21.9 Å². The summed E-state index contributed by atoms with van der Waals surface area (Å²) in [6.45, 7) is 7.18. The molecule has 0 aromatic heterocycles. The van der Waals surface area contributed by atoms with Crippen molar-refractivity contribution in [3.63, 3.8) is 0 Å². The van der Waals surface area contributed by atoms with Gasteiger partial charge in [0.15, 0.2) is 0 Å². The van der Waals surface area contributed by atoms with E-state index in [2.05, 4.69) is 41.9 Å². The smallest absolute Gasteiger partial charge is 0.325 e. The van der Waals surface area contributed by atoms with E-state index >= 15 is 0 Å². The standard InChI is InChI=1S/C36H55BrO3/c1-4-6-7-8-9-10-11-12-13-14-15-16-17-18-19-20-29-39-33-25-21-31(22-26-33)32-23-27-34(28-24-32)40-36(38)35(37)30(3)5-2/h21-28,30,35H,4-20,29H2,1-3H3. The number of esters is 1. The molecule has 0 aliphatic heterocycles. The number of benzene rings is 2. The molecule has 40 heavy (non-hydrogen) atoms. The molecular formula is C36H55BrO3. The highest BCUT2D eigenvalue weighted by Gasteiger charge is 2.22. The lowest BCUT2D eigenvalue weighted by molar-refractivity contribution is -0.134. The van der Waals surface area contributed by atoms with Crippen LogP contribution in [0.1, 0.15) is 130 Å². The molecule has 2 rings (SSSR count). The Bertz CT molecular complexity index is 893. The summed E-state index contributed by atoms with van der Waals surface area (Å²) in [6.07, 6.45) is 23.0. The minimum atomic E-state index is -0.288. The summed E-state index contributed by atoms with van der Waals surface area (Å²) in [5, 5.41) is 0. The average Bonchev–Trinajstić information content (AvgIpc) is 2.98. The van der Waals surface area contributed by atoms with Gasteiger partial charge in [0.2, 0.25) is 0 Å². The van der Waals surface area contributed by atoms with E-state index in [9.17, 15) is 4.79 Å². The lowest BCUT2D eigenvalue weighted by Gasteiger charge is -2.15. The summed E-state index contributed by atoms with van der Waals surface area (Å²) >= 11 is 3.45. The maximum atomic E-state index is 12.3. The van der Waals surface area contributed by atoms with Gasteiger partial charge in [0.1, 0.15) is 16.3 Å². The monoisotopic (exact) mass is 614 g/mol. The van der Waals surface area contributed by atoms with Crippen molar-refractivity contribution in [2.45, 2.75) is 135 Å². The first-order valence-electron chi connectivity index (χ1n) is 16.2. The van der Waals surface area contributed by atoms with Crippen LogP contribution in [0.25, 0.3) is 11.1 Å². The van der Waals surface area contributed by atoms with Crippen molar-refractivity contribution in [3.8, 4) is 22.6 Å². The van der Waals surface area contributed by atoms with Crippen LogP contribution < -0.4 is 9.47 Å². The van der Waals surface area contributed by atoms with Crippen molar-refractivity contribution in [2.75, 3.05) is 6.61 Å². The molecule has 224 valence electrons. The molecule has 0 saturated heterocycles. The maximum absolute atomic E-state index is 12.3. The fraction of sp³-hybridized carbons (Fsp3) is 0.639. The molecule has 4 heteroatoms. The minimum absolute atomic E-state index is 0.233. The second kappa shape index (κ2) is 21.9. The van der Waals surface area contributed by atoms with Crippen molar-refractivity contribution in [2.24, 2.45) is 5.92 Å². The quantitative estimate of drug-likeness (QED) is 0.0540. The first-order chi connectivity index (χ1) is 19.5. The van der Waals surface area contributed by atoms with E-state index in [0.717, 1.165) is 36.3 Å². The number of rotatable bonds is 23. The van der Waals surface area contributed by atoms with E-state index in [1.165, 1.54) is 96.3 Å². The van der Waals surface area contributed by atoms with Crippen LogP contribution in [0.4, 0.5) is 0 Å². The fourth-order valence-corrected chi connectivity index (χ4v) is 5.38. The van der Waals surface area contributed by atoms with Crippen molar-refractivity contribution in [1.82, 2.24) is 0 Å². The molecule has 0 heterocycles. The summed E-state index contributed by atoms with van der Waals surface area (Å²) < 4.78 is 11.5. The van der Waals surface area contributed by atoms with Gasteiger partial charge in [-0.3, -0.25) is 4.79 Å². The number of carbonyl (C=O) groups excluding carboxylic acids is 1. The molecule has 0 spiro atoms. The lowest BCUT2D eigenvalue weighted by atomic mass is 10.0. The molecule has 2 aromatic rings. The van der Waals surface area contributed by atoms with Gasteiger partial charge in [0.25, 0.3) is 0 Å². The van der Waals surface area contributed by atoms with Crippen LogP contribution in [0.15, 0.2) is 48.5 Å². The van der Waals surface area contributed by atoms with Crippen LogP contribution in [-0.4, -0.2) is 17.4 Å². The maximum Gasteiger partial charge on any atom is 0.325 e. The Morgan fingerprint density at radius 3 is 1.45 bits per heavy atom. The third-order valence-electron chi connectivity index (χ3n) is 7.90. The third-order valence-corrected chi connectivity index (χ3v) is 9.17. The number of carbonyl (C=O) groups is 1. The fourth-order valence-electron chi connectivity index (χ4n) is 4.91. The van der Waals surface area contributed by atoms with E-state index in [1.54, 1.807) is 0 Å². The first-order valence-corrected chi connectivity index (χ1v) is 17.2. The number of ether oxygens (including phenoxy) is 2. The molecule has 0 bridgehead atoms. The normalized spacial score (nSPS) is 12.7. The summed E-state index contributed by atoms with van der Waals surface area (Å²) in [4.78, 5) is 12.0. The number of halogens is 1. The topological polar surface area (TPSA) is 35.5 Å². The molecule has 0 saturated carbocycles. The molecule has 2 aromatic carbocycles. The largest absolute Gasteiger partial charge is 0.494 e. The Morgan fingerprint density at radius 2 is 1.02 bits per heavy atom. The molecule has 0 radical (unpaired) electrons. The van der Waals surface area contributed by atoms with E-state index in [-0.39, 0.29) is 16.7 Å². The molecule has 2 unspecified atom stereocenters. The van der Waals surface area contributed by atoms with Crippen molar-refractivity contribution in [3.05, 3.63) is 48.5 Å². The van der Waals surface area contributed by atoms with Gasteiger partial charge in [-0.2, -0.15) is 0 Å². The Kier molecular flexibility index (Phi) is 18.8. The van der Waals surface area contributed by atoms with E-state index in [0.29, 0.717) is 5.75 Å². The van der Waals surface area contributed by atoms with Crippen LogP contribution in [0.3, 0.4) is 0 Å². The van der Waals surface area contributed by atoms with E-state index in [1.807, 2.05) is 43.3 Å². The first kappa shape index (κ1) is 34.4.